The lowest BCUT2D eigenvalue weighted by Gasteiger charge is -2.42. The summed E-state index contributed by atoms with van der Waals surface area (Å²) in [6.45, 7) is 3.26. The number of halogens is 1. The summed E-state index contributed by atoms with van der Waals surface area (Å²) in [6, 6.07) is 6.29. The molecule has 0 amide bonds. The minimum Gasteiger partial charge on any atom is -0.488 e. The Morgan fingerprint density at radius 2 is 2.28 bits per heavy atom. The van der Waals surface area contributed by atoms with Gasteiger partial charge in [-0.2, -0.15) is 0 Å². The lowest BCUT2D eigenvalue weighted by molar-refractivity contribution is 0.142. The smallest absolute Gasteiger partial charge is 0.123 e. The van der Waals surface area contributed by atoms with E-state index in [1.807, 2.05) is 6.07 Å². The normalized spacial score (nSPS) is 24.2. The quantitative estimate of drug-likeness (QED) is 0.916. The van der Waals surface area contributed by atoms with Crippen molar-refractivity contribution in [2.45, 2.75) is 50.7 Å². The predicted molar refractivity (Wildman–Crippen MR) is 77.1 cm³/mol. The molecule has 98 valence electrons. The topological polar surface area (TPSA) is 21.3 Å². The van der Waals surface area contributed by atoms with Gasteiger partial charge < -0.3 is 10.1 Å². The first-order chi connectivity index (χ1) is 8.71. The molecular formula is C15H20BrNO. The van der Waals surface area contributed by atoms with Crippen LogP contribution in [0.15, 0.2) is 22.7 Å². The molecule has 1 atom stereocenters. The molecule has 0 spiro atoms. The van der Waals surface area contributed by atoms with Crippen LogP contribution in [0.1, 0.15) is 38.2 Å². The fourth-order valence-corrected chi connectivity index (χ4v) is 3.40. The van der Waals surface area contributed by atoms with Gasteiger partial charge in [0.15, 0.2) is 0 Å². The summed E-state index contributed by atoms with van der Waals surface area (Å²) in [6.07, 6.45) is 6.60. The molecule has 0 saturated heterocycles. The van der Waals surface area contributed by atoms with E-state index in [0.29, 0.717) is 11.6 Å². The van der Waals surface area contributed by atoms with Gasteiger partial charge in [-0.1, -0.05) is 22.9 Å². The Morgan fingerprint density at radius 3 is 2.94 bits per heavy atom. The van der Waals surface area contributed by atoms with Gasteiger partial charge in [-0.05, 0) is 49.4 Å². The van der Waals surface area contributed by atoms with E-state index in [-0.39, 0.29) is 0 Å². The molecule has 3 heteroatoms. The van der Waals surface area contributed by atoms with Crippen molar-refractivity contribution in [1.82, 2.24) is 5.32 Å². The monoisotopic (exact) mass is 309 g/mol. The first kappa shape index (κ1) is 12.5. The highest BCUT2D eigenvalue weighted by Gasteiger charge is 2.35. The third kappa shape index (κ3) is 2.30. The van der Waals surface area contributed by atoms with Crippen LogP contribution in [-0.2, 0) is 6.42 Å². The van der Waals surface area contributed by atoms with Crippen LogP contribution in [0.3, 0.4) is 0 Å². The van der Waals surface area contributed by atoms with Crippen LogP contribution < -0.4 is 10.1 Å². The largest absolute Gasteiger partial charge is 0.488 e. The van der Waals surface area contributed by atoms with Crippen LogP contribution in [0.5, 0.6) is 5.75 Å². The predicted octanol–water partition coefficient (Wildman–Crippen LogP) is 3.67. The highest BCUT2D eigenvalue weighted by Crippen LogP contribution is 2.35. The molecule has 0 radical (unpaired) electrons. The van der Waals surface area contributed by atoms with Crippen LogP contribution >= 0.6 is 15.9 Å². The van der Waals surface area contributed by atoms with Crippen molar-refractivity contribution >= 4 is 15.9 Å². The first-order valence-electron chi connectivity index (χ1n) is 6.91. The zero-order chi connectivity index (χ0) is 12.6. The standard InChI is InChI=1S/C15H20BrNO/c1-2-15(6-3-7-15)17-10-13-9-11-8-12(16)4-5-14(11)18-13/h4-5,8,13,17H,2-3,6-7,9-10H2,1H3. The number of ether oxygens (including phenoxy) is 1. The van der Waals surface area contributed by atoms with Gasteiger partial charge in [0.2, 0.25) is 0 Å². The molecule has 1 fully saturated rings. The number of hydrogen-bond donors (Lipinski definition) is 1. The molecular weight excluding hydrogens is 290 g/mol. The zero-order valence-corrected chi connectivity index (χ0v) is 12.4. The Labute approximate surface area is 117 Å². The molecule has 1 heterocycles. The van der Waals surface area contributed by atoms with Crippen LogP contribution in [0.4, 0.5) is 0 Å². The minimum absolute atomic E-state index is 0.304. The van der Waals surface area contributed by atoms with E-state index in [9.17, 15) is 0 Å². The maximum atomic E-state index is 5.99. The van der Waals surface area contributed by atoms with Crippen LogP contribution in [0.2, 0.25) is 0 Å². The number of rotatable bonds is 4. The van der Waals surface area contributed by atoms with Gasteiger partial charge in [0, 0.05) is 23.0 Å². The molecule has 2 aliphatic rings. The number of fused-ring (bicyclic) bond motifs is 1. The minimum atomic E-state index is 0.304. The number of benzene rings is 1. The van der Waals surface area contributed by atoms with Gasteiger partial charge >= 0.3 is 0 Å². The van der Waals surface area contributed by atoms with Crippen molar-refractivity contribution in [3.05, 3.63) is 28.2 Å². The zero-order valence-electron chi connectivity index (χ0n) is 10.8. The van der Waals surface area contributed by atoms with Gasteiger partial charge in [-0.25, -0.2) is 0 Å². The molecule has 1 aromatic carbocycles. The van der Waals surface area contributed by atoms with E-state index >= 15 is 0 Å². The van der Waals surface area contributed by atoms with Crippen LogP contribution in [-0.4, -0.2) is 18.2 Å². The van der Waals surface area contributed by atoms with Crippen LogP contribution in [0, 0.1) is 0 Å². The summed E-state index contributed by atoms with van der Waals surface area (Å²) < 4.78 is 7.13. The second kappa shape index (κ2) is 4.86. The number of hydrogen-bond acceptors (Lipinski definition) is 2. The molecule has 3 rings (SSSR count). The second-order valence-electron chi connectivity index (χ2n) is 5.56. The van der Waals surface area contributed by atoms with Gasteiger partial charge in [0.1, 0.15) is 11.9 Å². The molecule has 1 unspecified atom stereocenters. The molecule has 1 aliphatic carbocycles. The molecule has 1 aromatic rings. The van der Waals surface area contributed by atoms with E-state index in [4.69, 9.17) is 4.74 Å². The SMILES string of the molecule is CCC1(NCC2Cc3cc(Br)ccc3O2)CCC1. The van der Waals surface area contributed by atoms with Crippen molar-refractivity contribution in [2.24, 2.45) is 0 Å². The maximum Gasteiger partial charge on any atom is 0.123 e. The summed E-state index contributed by atoms with van der Waals surface area (Å²) in [5.74, 6) is 1.06. The first-order valence-corrected chi connectivity index (χ1v) is 7.70. The summed E-state index contributed by atoms with van der Waals surface area (Å²) in [4.78, 5) is 0. The molecule has 2 nitrogen and oxygen atoms in total. The summed E-state index contributed by atoms with van der Waals surface area (Å²) in [5.41, 5.74) is 1.74. The van der Waals surface area contributed by atoms with Gasteiger partial charge in [-0.3, -0.25) is 0 Å². The molecule has 1 N–H and O–H groups in total. The molecule has 0 bridgehead atoms. The van der Waals surface area contributed by atoms with E-state index in [1.54, 1.807) is 0 Å². The Kier molecular flexibility index (Phi) is 3.37. The van der Waals surface area contributed by atoms with E-state index in [1.165, 1.54) is 31.2 Å². The molecule has 1 saturated carbocycles. The molecule has 1 aliphatic heterocycles. The summed E-state index contributed by atoms with van der Waals surface area (Å²) in [7, 11) is 0. The Bertz CT molecular complexity index is 437. The third-order valence-corrected chi connectivity index (χ3v) is 4.95. The molecule has 18 heavy (non-hydrogen) atoms. The fraction of sp³-hybridized carbons (Fsp3) is 0.600. The lowest BCUT2D eigenvalue weighted by atomic mass is 9.75. The van der Waals surface area contributed by atoms with Crippen LogP contribution in [0.25, 0.3) is 0 Å². The van der Waals surface area contributed by atoms with E-state index in [0.717, 1.165) is 23.2 Å². The average Bonchev–Trinajstić information content (AvgIpc) is 2.70. The van der Waals surface area contributed by atoms with Crippen molar-refractivity contribution in [1.29, 1.82) is 0 Å². The number of nitrogens with one attached hydrogen (secondary N) is 1. The highest BCUT2D eigenvalue weighted by atomic mass is 79.9. The van der Waals surface area contributed by atoms with Gasteiger partial charge in [-0.15, -0.1) is 0 Å². The molecule has 0 aromatic heterocycles. The summed E-state index contributed by atoms with van der Waals surface area (Å²) in [5, 5.41) is 3.74. The second-order valence-corrected chi connectivity index (χ2v) is 6.48. The summed E-state index contributed by atoms with van der Waals surface area (Å²) >= 11 is 3.52. The van der Waals surface area contributed by atoms with Crippen molar-refractivity contribution in [2.75, 3.05) is 6.54 Å². The van der Waals surface area contributed by atoms with Gasteiger partial charge in [0.05, 0.1) is 0 Å². The highest BCUT2D eigenvalue weighted by molar-refractivity contribution is 9.10. The van der Waals surface area contributed by atoms with E-state index in [2.05, 4.69) is 40.3 Å². The van der Waals surface area contributed by atoms with Crippen molar-refractivity contribution in [3.8, 4) is 5.75 Å². The fourth-order valence-electron chi connectivity index (χ4n) is 2.99. The van der Waals surface area contributed by atoms with Gasteiger partial charge in [0.25, 0.3) is 0 Å². The lowest BCUT2D eigenvalue weighted by Crippen LogP contribution is -2.53. The Balaban J connectivity index is 1.58. The third-order valence-electron chi connectivity index (χ3n) is 4.46. The van der Waals surface area contributed by atoms with Crippen molar-refractivity contribution < 1.29 is 4.74 Å². The Morgan fingerprint density at radius 1 is 1.44 bits per heavy atom. The average molecular weight is 310 g/mol. The Hall–Kier alpha value is -0.540. The maximum absolute atomic E-state index is 5.99. The van der Waals surface area contributed by atoms with E-state index < -0.39 is 0 Å². The van der Waals surface area contributed by atoms with Crippen molar-refractivity contribution in [3.63, 3.8) is 0 Å².